The molecule has 1 saturated carbocycles. The third-order valence-corrected chi connectivity index (χ3v) is 7.25. The molecule has 0 bridgehead atoms. The predicted molar refractivity (Wildman–Crippen MR) is 107 cm³/mol. The number of nitrogens with one attached hydrogen (secondary N) is 2. The van der Waals surface area contributed by atoms with Gasteiger partial charge in [0.2, 0.25) is 15.9 Å². The van der Waals surface area contributed by atoms with Crippen LogP contribution in [0.3, 0.4) is 0 Å². The van der Waals surface area contributed by atoms with Crippen LogP contribution in [0.25, 0.3) is 0 Å². The Morgan fingerprint density at radius 3 is 2.19 bits per heavy atom. The molecule has 0 atom stereocenters. The average Bonchev–Trinajstić information content (AvgIpc) is 3.20. The van der Waals surface area contributed by atoms with E-state index in [1.165, 1.54) is 4.31 Å². The zero-order valence-electron chi connectivity index (χ0n) is 17.2. The van der Waals surface area contributed by atoms with Gasteiger partial charge in [0.1, 0.15) is 5.75 Å². The fourth-order valence-corrected chi connectivity index (χ4v) is 5.17. The summed E-state index contributed by atoms with van der Waals surface area (Å²) in [6, 6.07) is 3.56. The SMILES string of the molecule is O=C(CN1CCN(S(=O)(=O)c2ccc(OC(F)(F)F)cc2)CC1)NC(=O)NC1CCCC1. The van der Waals surface area contributed by atoms with Gasteiger partial charge in [0.15, 0.2) is 0 Å². The first-order valence-corrected chi connectivity index (χ1v) is 11.7. The lowest BCUT2D eigenvalue weighted by molar-refractivity contribution is -0.274. The van der Waals surface area contributed by atoms with Crippen molar-refractivity contribution in [3.05, 3.63) is 24.3 Å². The molecule has 32 heavy (non-hydrogen) atoms. The number of rotatable bonds is 6. The highest BCUT2D eigenvalue weighted by molar-refractivity contribution is 7.89. The number of sulfonamides is 1. The quantitative estimate of drug-likeness (QED) is 0.644. The Balaban J connectivity index is 1.46. The first-order chi connectivity index (χ1) is 15.0. The summed E-state index contributed by atoms with van der Waals surface area (Å²) in [6.45, 7) is 0.698. The fraction of sp³-hybridized carbons (Fsp3) is 0.579. The molecule has 1 aromatic rings. The zero-order chi connectivity index (χ0) is 23.4. The van der Waals surface area contributed by atoms with Crippen molar-refractivity contribution >= 4 is 22.0 Å². The fourth-order valence-electron chi connectivity index (χ4n) is 3.75. The summed E-state index contributed by atoms with van der Waals surface area (Å²) in [5.41, 5.74) is 0. The Kier molecular flexibility index (Phi) is 7.62. The molecule has 1 aromatic carbocycles. The molecule has 1 aliphatic heterocycles. The van der Waals surface area contributed by atoms with Gasteiger partial charge < -0.3 is 10.1 Å². The van der Waals surface area contributed by atoms with Crippen molar-refractivity contribution in [1.29, 1.82) is 0 Å². The molecule has 1 heterocycles. The second kappa shape index (κ2) is 10.0. The Bertz CT molecular complexity index is 910. The lowest BCUT2D eigenvalue weighted by Crippen LogP contribution is -2.52. The van der Waals surface area contributed by atoms with Crippen molar-refractivity contribution in [2.75, 3.05) is 32.7 Å². The van der Waals surface area contributed by atoms with Crippen LogP contribution in [0.1, 0.15) is 25.7 Å². The second-order valence-electron chi connectivity index (χ2n) is 7.70. The molecule has 3 rings (SSSR count). The molecule has 0 spiro atoms. The molecule has 2 fully saturated rings. The van der Waals surface area contributed by atoms with E-state index in [1.807, 2.05) is 0 Å². The molecule has 3 amide bonds. The molecule has 0 radical (unpaired) electrons. The molecule has 1 aliphatic carbocycles. The maximum atomic E-state index is 12.7. The number of urea groups is 1. The van der Waals surface area contributed by atoms with Gasteiger partial charge in [-0.15, -0.1) is 13.2 Å². The number of alkyl halides is 3. The maximum absolute atomic E-state index is 12.7. The average molecular weight is 478 g/mol. The van der Waals surface area contributed by atoms with Gasteiger partial charge in [-0.3, -0.25) is 15.0 Å². The molecule has 13 heteroatoms. The number of ether oxygens (including phenoxy) is 1. The number of carbonyl (C=O) groups is 2. The van der Waals surface area contributed by atoms with Gasteiger partial charge >= 0.3 is 12.4 Å². The van der Waals surface area contributed by atoms with E-state index in [-0.39, 0.29) is 43.7 Å². The smallest absolute Gasteiger partial charge is 0.406 e. The molecule has 1 saturated heterocycles. The summed E-state index contributed by atoms with van der Waals surface area (Å²) in [5, 5.41) is 5.05. The number of hydrogen-bond acceptors (Lipinski definition) is 6. The van der Waals surface area contributed by atoms with E-state index < -0.39 is 34.1 Å². The number of nitrogens with zero attached hydrogens (tertiary/aromatic N) is 2. The summed E-state index contributed by atoms with van der Waals surface area (Å²) >= 11 is 0. The van der Waals surface area contributed by atoms with E-state index in [0.717, 1.165) is 49.9 Å². The Morgan fingerprint density at radius 2 is 1.62 bits per heavy atom. The number of hydrogen-bond donors (Lipinski definition) is 2. The third-order valence-electron chi connectivity index (χ3n) is 5.34. The van der Waals surface area contributed by atoms with E-state index in [4.69, 9.17) is 0 Å². The van der Waals surface area contributed by atoms with Crippen molar-refractivity contribution in [3.63, 3.8) is 0 Å². The normalized spacial score (nSPS) is 19.0. The van der Waals surface area contributed by atoms with E-state index >= 15 is 0 Å². The van der Waals surface area contributed by atoms with Crippen molar-refractivity contribution in [3.8, 4) is 5.75 Å². The van der Waals surface area contributed by atoms with Crippen LogP contribution in [0.4, 0.5) is 18.0 Å². The van der Waals surface area contributed by atoms with Crippen LogP contribution < -0.4 is 15.4 Å². The molecule has 2 aliphatic rings. The minimum Gasteiger partial charge on any atom is -0.406 e. The highest BCUT2D eigenvalue weighted by atomic mass is 32.2. The number of imide groups is 1. The Hall–Kier alpha value is -2.38. The van der Waals surface area contributed by atoms with Crippen molar-refractivity contribution in [2.24, 2.45) is 0 Å². The van der Waals surface area contributed by atoms with E-state index in [9.17, 15) is 31.2 Å². The summed E-state index contributed by atoms with van der Waals surface area (Å²) < 4.78 is 67.2. The number of piperazine rings is 1. The summed E-state index contributed by atoms with van der Waals surface area (Å²) in [5.74, 6) is -0.985. The Labute approximate surface area is 183 Å². The number of carbonyl (C=O) groups excluding carboxylic acids is 2. The summed E-state index contributed by atoms with van der Waals surface area (Å²) in [6.07, 6.45) is -0.957. The summed E-state index contributed by atoms with van der Waals surface area (Å²) in [4.78, 5) is 25.5. The lowest BCUT2D eigenvalue weighted by atomic mass is 10.2. The van der Waals surface area contributed by atoms with Crippen LogP contribution in [-0.2, 0) is 14.8 Å². The minimum atomic E-state index is -4.86. The zero-order valence-corrected chi connectivity index (χ0v) is 18.0. The molecule has 2 N–H and O–H groups in total. The first-order valence-electron chi connectivity index (χ1n) is 10.2. The van der Waals surface area contributed by atoms with E-state index in [0.29, 0.717) is 0 Å². The van der Waals surface area contributed by atoms with Crippen molar-refractivity contribution < 1.29 is 35.9 Å². The highest BCUT2D eigenvalue weighted by Gasteiger charge is 2.32. The van der Waals surface area contributed by atoms with Gasteiger partial charge in [0, 0.05) is 32.2 Å². The molecule has 9 nitrogen and oxygen atoms in total. The topological polar surface area (TPSA) is 108 Å². The first kappa shape index (κ1) is 24.3. The number of amides is 3. The maximum Gasteiger partial charge on any atom is 0.573 e. The summed E-state index contributed by atoms with van der Waals surface area (Å²) in [7, 11) is -3.90. The predicted octanol–water partition coefficient (Wildman–Crippen LogP) is 1.66. The monoisotopic (exact) mass is 478 g/mol. The van der Waals surface area contributed by atoms with Crippen LogP contribution in [0, 0.1) is 0 Å². The van der Waals surface area contributed by atoms with Crippen LogP contribution in [-0.4, -0.2) is 74.7 Å². The second-order valence-corrected chi connectivity index (χ2v) is 9.64. The van der Waals surface area contributed by atoms with Crippen LogP contribution in [0.5, 0.6) is 5.75 Å². The minimum absolute atomic E-state index is 0.0462. The van der Waals surface area contributed by atoms with Crippen molar-refractivity contribution in [2.45, 2.75) is 43.0 Å². The third kappa shape index (κ3) is 6.81. The number of halogens is 3. The van der Waals surface area contributed by atoms with Gasteiger partial charge in [0.25, 0.3) is 0 Å². The lowest BCUT2D eigenvalue weighted by Gasteiger charge is -2.33. The largest absolute Gasteiger partial charge is 0.573 e. The van der Waals surface area contributed by atoms with E-state index in [1.54, 1.807) is 4.90 Å². The van der Waals surface area contributed by atoms with Crippen molar-refractivity contribution in [1.82, 2.24) is 19.8 Å². The van der Waals surface area contributed by atoms with Gasteiger partial charge in [-0.05, 0) is 37.1 Å². The Morgan fingerprint density at radius 1 is 1.03 bits per heavy atom. The van der Waals surface area contributed by atoms with Gasteiger partial charge in [-0.25, -0.2) is 13.2 Å². The molecule has 0 aromatic heterocycles. The number of benzene rings is 1. The molecule has 0 unspecified atom stereocenters. The van der Waals surface area contributed by atoms with Crippen LogP contribution in [0.15, 0.2) is 29.2 Å². The molecular weight excluding hydrogens is 453 g/mol. The standard InChI is InChI=1S/C19H25F3N4O5S/c20-19(21,22)31-15-5-7-16(8-6-15)32(29,30)26-11-9-25(10-12-26)13-17(27)24-18(28)23-14-3-1-2-4-14/h5-8,14H,1-4,9-13H2,(H2,23,24,27,28). The van der Waals surface area contributed by atoms with Crippen LogP contribution >= 0.6 is 0 Å². The molecular formula is C19H25F3N4O5S. The van der Waals surface area contributed by atoms with Gasteiger partial charge in [-0.1, -0.05) is 12.8 Å². The van der Waals surface area contributed by atoms with Gasteiger partial charge in [-0.2, -0.15) is 4.31 Å². The van der Waals surface area contributed by atoms with Gasteiger partial charge in [0.05, 0.1) is 11.4 Å². The van der Waals surface area contributed by atoms with E-state index in [2.05, 4.69) is 15.4 Å². The van der Waals surface area contributed by atoms with Crippen LogP contribution in [0.2, 0.25) is 0 Å². The molecule has 178 valence electrons. The highest BCUT2D eigenvalue weighted by Crippen LogP contribution is 2.25.